The topological polar surface area (TPSA) is 91.5 Å². The molecule has 4 N–H and O–H groups in total. The van der Waals surface area contributed by atoms with Crippen LogP contribution in [0.4, 0.5) is 10.5 Å². The molecule has 1 aliphatic heterocycles. The van der Waals surface area contributed by atoms with Crippen LogP contribution in [0.2, 0.25) is 0 Å². The second-order valence-corrected chi connectivity index (χ2v) is 7.32. The van der Waals surface area contributed by atoms with Crippen molar-refractivity contribution in [2.45, 2.75) is 31.7 Å². The lowest BCUT2D eigenvalue weighted by atomic mass is 9.79. The van der Waals surface area contributed by atoms with E-state index in [1.807, 2.05) is 0 Å². The van der Waals surface area contributed by atoms with E-state index in [4.69, 9.17) is 4.74 Å². The molecule has 2 aliphatic rings. The summed E-state index contributed by atoms with van der Waals surface area (Å²) in [6.07, 6.45) is 4.03. The highest BCUT2D eigenvalue weighted by atomic mass is 35.5. The van der Waals surface area contributed by atoms with Gasteiger partial charge in [-0.15, -0.1) is 12.4 Å². The van der Waals surface area contributed by atoms with Crippen molar-refractivity contribution in [3.8, 4) is 0 Å². The average molecular weight is 397 g/mol. The molecule has 1 aromatic rings. The van der Waals surface area contributed by atoms with Gasteiger partial charge in [0.05, 0.1) is 6.61 Å². The second kappa shape index (κ2) is 9.92. The van der Waals surface area contributed by atoms with Crippen molar-refractivity contribution in [1.29, 1.82) is 0 Å². The Labute approximate surface area is 166 Å². The molecule has 0 bridgehead atoms. The molecule has 1 aliphatic carbocycles. The van der Waals surface area contributed by atoms with Crippen LogP contribution in [0, 0.1) is 5.41 Å². The summed E-state index contributed by atoms with van der Waals surface area (Å²) < 4.78 is 5.39. The number of amides is 3. The van der Waals surface area contributed by atoms with Gasteiger partial charge in [-0.25, -0.2) is 4.79 Å². The van der Waals surface area contributed by atoms with Gasteiger partial charge in [0, 0.05) is 36.4 Å². The van der Waals surface area contributed by atoms with E-state index in [0.717, 1.165) is 38.8 Å². The molecular weight excluding hydrogens is 368 g/mol. The number of hydrogen-bond acceptors (Lipinski definition) is 4. The summed E-state index contributed by atoms with van der Waals surface area (Å²) in [6.45, 7) is 3.10. The number of ether oxygens (including phenoxy) is 1. The zero-order chi connectivity index (χ0) is 18.4. The molecule has 3 amide bonds. The Kier molecular flexibility index (Phi) is 7.89. The SMILES string of the molecule is COCC1(CNC(=O)c2cccc(NC(=O)NC3CC3)c2)CCNCC1.Cl. The fourth-order valence-corrected chi connectivity index (χ4v) is 3.32. The molecule has 3 rings (SSSR count). The van der Waals surface area contributed by atoms with Crippen molar-refractivity contribution in [1.82, 2.24) is 16.0 Å². The summed E-state index contributed by atoms with van der Waals surface area (Å²) in [6, 6.07) is 7.08. The normalized spacial score (nSPS) is 18.1. The standard InChI is InChI=1S/C19H28N4O3.ClH/c1-26-13-19(7-9-20-10-8-19)12-21-17(24)14-3-2-4-16(11-14)23-18(25)22-15-5-6-15;/h2-4,11,15,20H,5-10,12-13H2,1H3,(H,21,24)(H2,22,23,25);1H. The number of carbonyl (C=O) groups is 2. The average Bonchev–Trinajstić information content (AvgIpc) is 3.45. The zero-order valence-electron chi connectivity index (χ0n) is 15.7. The number of hydrogen-bond donors (Lipinski definition) is 4. The lowest BCUT2D eigenvalue weighted by Crippen LogP contribution is -2.47. The number of carbonyl (C=O) groups excluding carboxylic acids is 2. The number of halogens is 1. The molecule has 0 atom stereocenters. The monoisotopic (exact) mass is 396 g/mol. The fraction of sp³-hybridized carbons (Fsp3) is 0.579. The predicted octanol–water partition coefficient (Wildman–Crippen LogP) is 2.14. The van der Waals surface area contributed by atoms with Gasteiger partial charge in [-0.1, -0.05) is 6.07 Å². The molecule has 1 saturated heterocycles. The molecule has 27 heavy (non-hydrogen) atoms. The fourth-order valence-electron chi connectivity index (χ4n) is 3.32. The molecule has 1 saturated carbocycles. The molecular formula is C19H29ClN4O3. The van der Waals surface area contributed by atoms with Crippen LogP contribution in [0.5, 0.6) is 0 Å². The van der Waals surface area contributed by atoms with Gasteiger partial charge < -0.3 is 26.0 Å². The van der Waals surface area contributed by atoms with E-state index in [-0.39, 0.29) is 29.8 Å². The van der Waals surface area contributed by atoms with Crippen LogP contribution < -0.4 is 21.3 Å². The first-order valence-electron chi connectivity index (χ1n) is 9.26. The Morgan fingerprint density at radius 2 is 2.00 bits per heavy atom. The Balaban J connectivity index is 0.00000261. The summed E-state index contributed by atoms with van der Waals surface area (Å²) in [5.74, 6) is -0.134. The lowest BCUT2D eigenvalue weighted by molar-refractivity contribution is 0.0512. The summed E-state index contributed by atoms with van der Waals surface area (Å²) in [4.78, 5) is 24.4. The van der Waals surface area contributed by atoms with Crippen molar-refractivity contribution in [2.24, 2.45) is 5.41 Å². The van der Waals surface area contributed by atoms with E-state index < -0.39 is 0 Å². The minimum atomic E-state index is -0.223. The van der Waals surface area contributed by atoms with Gasteiger partial charge in [0.15, 0.2) is 0 Å². The number of rotatable bonds is 7. The van der Waals surface area contributed by atoms with Gasteiger partial charge >= 0.3 is 6.03 Å². The van der Waals surface area contributed by atoms with Crippen LogP contribution in [0.25, 0.3) is 0 Å². The molecule has 1 heterocycles. The number of anilines is 1. The first-order chi connectivity index (χ1) is 12.6. The van der Waals surface area contributed by atoms with Crippen molar-refractivity contribution in [3.63, 3.8) is 0 Å². The van der Waals surface area contributed by atoms with Crippen molar-refractivity contribution >= 4 is 30.0 Å². The minimum Gasteiger partial charge on any atom is -0.384 e. The molecule has 7 nitrogen and oxygen atoms in total. The van der Waals surface area contributed by atoms with Crippen LogP contribution in [0.15, 0.2) is 24.3 Å². The van der Waals surface area contributed by atoms with Crippen LogP contribution in [0.3, 0.4) is 0 Å². The molecule has 2 fully saturated rings. The maximum Gasteiger partial charge on any atom is 0.319 e. The third kappa shape index (κ3) is 6.37. The van der Waals surface area contributed by atoms with Crippen LogP contribution in [-0.2, 0) is 4.74 Å². The Morgan fingerprint density at radius 1 is 1.26 bits per heavy atom. The molecule has 8 heteroatoms. The summed E-state index contributed by atoms with van der Waals surface area (Å²) in [5, 5.41) is 12.0. The van der Waals surface area contributed by atoms with Crippen LogP contribution in [-0.4, -0.2) is 51.3 Å². The van der Waals surface area contributed by atoms with Crippen molar-refractivity contribution in [2.75, 3.05) is 38.7 Å². The number of urea groups is 1. The number of benzene rings is 1. The highest BCUT2D eigenvalue weighted by Crippen LogP contribution is 2.28. The van der Waals surface area contributed by atoms with E-state index >= 15 is 0 Å². The second-order valence-electron chi connectivity index (χ2n) is 7.32. The molecule has 0 radical (unpaired) electrons. The summed E-state index contributed by atoms with van der Waals surface area (Å²) in [7, 11) is 1.70. The van der Waals surface area contributed by atoms with E-state index in [1.165, 1.54) is 0 Å². The van der Waals surface area contributed by atoms with Crippen molar-refractivity contribution in [3.05, 3.63) is 29.8 Å². The van der Waals surface area contributed by atoms with E-state index in [1.54, 1.807) is 31.4 Å². The van der Waals surface area contributed by atoms with Crippen molar-refractivity contribution < 1.29 is 14.3 Å². The highest BCUT2D eigenvalue weighted by Gasteiger charge is 2.32. The summed E-state index contributed by atoms with van der Waals surface area (Å²) >= 11 is 0. The quantitative estimate of drug-likeness (QED) is 0.568. The Morgan fingerprint density at radius 3 is 2.67 bits per heavy atom. The Hall–Kier alpha value is -1.83. The van der Waals surface area contributed by atoms with E-state index in [9.17, 15) is 9.59 Å². The number of methoxy groups -OCH3 is 1. The Bertz CT molecular complexity index is 640. The smallest absolute Gasteiger partial charge is 0.319 e. The number of piperidine rings is 1. The van der Waals surface area contributed by atoms with Gasteiger partial charge in [0.25, 0.3) is 5.91 Å². The van der Waals surface area contributed by atoms with Gasteiger partial charge in [0.2, 0.25) is 0 Å². The lowest BCUT2D eigenvalue weighted by Gasteiger charge is -2.37. The predicted molar refractivity (Wildman–Crippen MR) is 108 cm³/mol. The van der Waals surface area contributed by atoms with Gasteiger partial charge in [-0.05, 0) is 57.0 Å². The third-order valence-electron chi connectivity index (χ3n) is 5.03. The zero-order valence-corrected chi connectivity index (χ0v) is 16.5. The molecule has 150 valence electrons. The first-order valence-corrected chi connectivity index (χ1v) is 9.26. The number of nitrogens with one attached hydrogen (secondary N) is 4. The largest absolute Gasteiger partial charge is 0.384 e. The highest BCUT2D eigenvalue weighted by molar-refractivity contribution is 5.97. The van der Waals surface area contributed by atoms with E-state index in [2.05, 4.69) is 21.3 Å². The summed E-state index contributed by atoms with van der Waals surface area (Å²) in [5.41, 5.74) is 1.13. The molecule has 0 aromatic heterocycles. The minimum absolute atomic E-state index is 0. The molecule has 0 spiro atoms. The van der Waals surface area contributed by atoms with Crippen LogP contribution in [0.1, 0.15) is 36.0 Å². The first kappa shape index (κ1) is 21.5. The van der Waals surface area contributed by atoms with Crippen LogP contribution >= 0.6 is 12.4 Å². The van der Waals surface area contributed by atoms with Gasteiger partial charge in [0.1, 0.15) is 0 Å². The van der Waals surface area contributed by atoms with Gasteiger partial charge in [-0.2, -0.15) is 0 Å². The molecule has 0 unspecified atom stereocenters. The van der Waals surface area contributed by atoms with E-state index in [0.29, 0.717) is 30.4 Å². The maximum absolute atomic E-state index is 12.6. The maximum atomic E-state index is 12.6. The molecule has 1 aromatic carbocycles. The van der Waals surface area contributed by atoms with Gasteiger partial charge in [-0.3, -0.25) is 4.79 Å². The third-order valence-corrected chi connectivity index (χ3v) is 5.03.